The first kappa shape index (κ1) is 32.7. The van der Waals surface area contributed by atoms with Crippen LogP contribution in [-0.2, 0) is 26.7 Å². The Labute approximate surface area is 243 Å². The molecule has 0 spiro atoms. The highest BCUT2D eigenvalue weighted by molar-refractivity contribution is 7.58. The van der Waals surface area contributed by atoms with Gasteiger partial charge in [-0.2, -0.15) is 8.78 Å². The van der Waals surface area contributed by atoms with Crippen molar-refractivity contribution in [1.82, 2.24) is 25.4 Å². The van der Waals surface area contributed by atoms with Crippen molar-refractivity contribution >= 4 is 37.6 Å². The number of rotatable bonds is 12. The molecule has 0 saturated carbocycles. The number of pyridine rings is 1. The van der Waals surface area contributed by atoms with Crippen molar-refractivity contribution in [3.05, 3.63) is 53.5 Å². The van der Waals surface area contributed by atoms with Crippen LogP contribution in [0.15, 0.2) is 36.5 Å². The zero-order chi connectivity index (χ0) is 30.9. The third kappa shape index (κ3) is 8.86. The predicted molar refractivity (Wildman–Crippen MR) is 151 cm³/mol. The molecule has 1 aliphatic heterocycles. The topological polar surface area (TPSA) is 133 Å². The lowest BCUT2D eigenvalue weighted by atomic mass is 10.0. The van der Waals surface area contributed by atoms with Crippen LogP contribution in [0.25, 0.3) is 0 Å². The normalized spacial score (nSPS) is 14.9. The molecule has 2 aromatic rings. The van der Waals surface area contributed by atoms with E-state index in [-0.39, 0.29) is 36.2 Å². The minimum absolute atomic E-state index is 0.0494. The fourth-order valence-electron chi connectivity index (χ4n) is 4.07. The Bertz CT molecular complexity index is 1280. The number of anilines is 1. The Balaban J connectivity index is 1.55. The molecule has 15 heteroatoms. The molecular weight excluding hydrogens is 576 g/mol. The average molecular weight is 611 g/mol. The number of amides is 4. The van der Waals surface area contributed by atoms with E-state index in [0.717, 1.165) is 18.3 Å². The summed E-state index contributed by atoms with van der Waals surface area (Å²) in [6.07, 6.45) is 0.663. The summed E-state index contributed by atoms with van der Waals surface area (Å²) in [7, 11) is 2.60. The molecule has 2 atom stereocenters. The molecule has 11 nitrogen and oxygen atoms in total. The van der Waals surface area contributed by atoms with Crippen molar-refractivity contribution in [2.75, 3.05) is 51.9 Å². The third-order valence-corrected chi connectivity index (χ3v) is 7.38. The number of ether oxygens (including phenoxy) is 1. The Kier molecular flexibility index (Phi) is 11.6. The molecule has 1 fully saturated rings. The summed E-state index contributed by atoms with van der Waals surface area (Å²) in [5.74, 6) is -6.72. The highest BCUT2D eigenvalue weighted by atomic mass is 31.1. The molecular formula is C27H34F3N6O5P. The number of hydrogen-bond donors (Lipinski definition) is 3. The monoisotopic (exact) mass is 610 g/mol. The summed E-state index contributed by atoms with van der Waals surface area (Å²) in [6.45, 7) is 4.11. The van der Waals surface area contributed by atoms with E-state index in [1.165, 1.54) is 25.3 Å². The third-order valence-electron chi connectivity index (χ3n) is 6.58. The van der Waals surface area contributed by atoms with Gasteiger partial charge in [-0.25, -0.2) is 9.37 Å². The number of benzene rings is 1. The number of carbonyl (C=O) groups excluding carboxylic acids is 4. The van der Waals surface area contributed by atoms with Gasteiger partial charge in [-0.3, -0.25) is 19.2 Å². The smallest absolute Gasteiger partial charge is 0.351 e. The van der Waals surface area contributed by atoms with E-state index in [4.69, 9.17) is 4.74 Å². The molecule has 1 aromatic heterocycles. The van der Waals surface area contributed by atoms with Gasteiger partial charge in [0.25, 0.3) is 5.91 Å². The lowest BCUT2D eigenvalue weighted by Gasteiger charge is -2.34. The number of carbonyl (C=O) groups is 4. The number of alkyl halides is 2. The van der Waals surface area contributed by atoms with E-state index in [1.54, 1.807) is 11.8 Å². The zero-order valence-electron chi connectivity index (χ0n) is 23.5. The van der Waals surface area contributed by atoms with Crippen LogP contribution >= 0.6 is 8.58 Å². The molecule has 1 unspecified atom stereocenters. The minimum Gasteiger partial charge on any atom is -0.481 e. The second-order valence-electron chi connectivity index (χ2n) is 9.60. The van der Waals surface area contributed by atoms with Gasteiger partial charge in [0.2, 0.25) is 23.3 Å². The largest absolute Gasteiger partial charge is 0.481 e. The Morgan fingerprint density at radius 3 is 2.43 bits per heavy atom. The molecule has 1 aromatic carbocycles. The zero-order valence-corrected chi connectivity index (χ0v) is 24.5. The van der Waals surface area contributed by atoms with Gasteiger partial charge in [-0.05, 0) is 39.4 Å². The van der Waals surface area contributed by atoms with E-state index < -0.39 is 49.8 Å². The maximum atomic E-state index is 14.9. The molecule has 0 aliphatic carbocycles. The Morgan fingerprint density at radius 2 is 1.83 bits per heavy atom. The van der Waals surface area contributed by atoms with E-state index in [0.29, 0.717) is 31.7 Å². The second-order valence-corrected chi connectivity index (χ2v) is 10.8. The standard InChI is InChI=1S/C27H34F3N6O5P/c1-4-22(37)33-21(24(38)36-11-9-35(2)10-12-36)14-17-5-7-20(19(28)13-17)34-26(40)42-16-32-25(39)27(29,30)18-6-8-23(41-3)31-15-18/h5-8,13,15,21,42H,4,9-12,14,16H2,1-3H3,(H,32,39)(H,33,37)(H,34,40)/t21-/m1/s1. The van der Waals surface area contributed by atoms with Crippen LogP contribution in [-0.4, -0.2) is 90.8 Å². The Morgan fingerprint density at radius 1 is 1.12 bits per heavy atom. The summed E-state index contributed by atoms with van der Waals surface area (Å²) < 4.78 is 48.5. The number of aromatic nitrogens is 1. The van der Waals surface area contributed by atoms with Crippen LogP contribution in [0.1, 0.15) is 24.5 Å². The van der Waals surface area contributed by atoms with Gasteiger partial charge in [-0.15, -0.1) is 0 Å². The first-order valence-corrected chi connectivity index (χ1v) is 14.4. The molecule has 0 bridgehead atoms. The van der Waals surface area contributed by atoms with E-state index in [2.05, 4.69) is 20.5 Å². The number of methoxy groups -OCH3 is 1. The van der Waals surface area contributed by atoms with Crippen LogP contribution in [0.4, 0.5) is 23.7 Å². The quantitative estimate of drug-likeness (QED) is 0.315. The highest BCUT2D eigenvalue weighted by Gasteiger charge is 2.41. The minimum atomic E-state index is -3.89. The van der Waals surface area contributed by atoms with Gasteiger partial charge in [0, 0.05) is 63.1 Å². The number of nitrogens with one attached hydrogen (secondary N) is 3. The van der Waals surface area contributed by atoms with Crippen LogP contribution < -0.4 is 20.7 Å². The number of likely N-dealkylation sites (N-methyl/N-ethyl adjacent to an activating group) is 1. The van der Waals surface area contributed by atoms with Gasteiger partial charge in [0.05, 0.1) is 12.8 Å². The van der Waals surface area contributed by atoms with Gasteiger partial charge < -0.3 is 30.5 Å². The SMILES string of the molecule is CCC(=O)N[C@H](Cc1ccc(NC(=O)PCNC(=O)C(F)(F)c2ccc(OC)nc2)c(F)c1)C(=O)N1CCN(C)CC1. The molecule has 42 heavy (non-hydrogen) atoms. The van der Waals surface area contributed by atoms with Crippen molar-refractivity contribution in [2.24, 2.45) is 0 Å². The first-order valence-electron chi connectivity index (χ1n) is 13.2. The number of hydrogen-bond acceptors (Lipinski definition) is 7. The van der Waals surface area contributed by atoms with Gasteiger partial charge >= 0.3 is 5.92 Å². The number of piperazine rings is 1. The lowest BCUT2D eigenvalue weighted by Crippen LogP contribution is -2.54. The van der Waals surface area contributed by atoms with E-state index in [1.807, 2.05) is 12.4 Å². The summed E-state index contributed by atoms with van der Waals surface area (Å²) in [5, 5.41) is 7.08. The van der Waals surface area contributed by atoms with Crippen molar-refractivity contribution in [3.8, 4) is 5.88 Å². The van der Waals surface area contributed by atoms with E-state index >= 15 is 0 Å². The van der Waals surface area contributed by atoms with Crippen LogP contribution in [0.5, 0.6) is 5.88 Å². The van der Waals surface area contributed by atoms with Crippen molar-refractivity contribution < 1.29 is 37.1 Å². The Hall–Kier alpha value is -3.77. The predicted octanol–water partition coefficient (Wildman–Crippen LogP) is 2.52. The fourth-order valence-corrected chi connectivity index (χ4v) is 4.70. The van der Waals surface area contributed by atoms with Gasteiger partial charge in [0.15, 0.2) is 0 Å². The molecule has 2 heterocycles. The molecule has 1 aliphatic rings. The number of nitrogens with zero attached hydrogens (tertiary/aromatic N) is 3. The molecule has 3 N–H and O–H groups in total. The molecule has 228 valence electrons. The second kappa shape index (κ2) is 14.9. The van der Waals surface area contributed by atoms with Crippen LogP contribution in [0.2, 0.25) is 0 Å². The fraction of sp³-hybridized carbons (Fsp3) is 0.444. The highest BCUT2D eigenvalue weighted by Crippen LogP contribution is 2.29. The molecule has 3 rings (SSSR count). The van der Waals surface area contributed by atoms with E-state index in [9.17, 15) is 32.3 Å². The lowest BCUT2D eigenvalue weighted by molar-refractivity contribution is -0.146. The average Bonchev–Trinajstić information content (AvgIpc) is 2.98. The van der Waals surface area contributed by atoms with Crippen molar-refractivity contribution in [1.29, 1.82) is 0 Å². The van der Waals surface area contributed by atoms with Crippen molar-refractivity contribution in [2.45, 2.75) is 31.7 Å². The summed E-state index contributed by atoms with van der Waals surface area (Å²) in [4.78, 5) is 57.0. The molecule has 4 amide bonds. The van der Waals surface area contributed by atoms with Gasteiger partial charge in [0.1, 0.15) is 11.9 Å². The maximum absolute atomic E-state index is 14.9. The first-order chi connectivity index (χ1) is 19.9. The van der Waals surface area contributed by atoms with Crippen LogP contribution in [0, 0.1) is 5.82 Å². The van der Waals surface area contributed by atoms with Crippen molar-refractivity contribution in [3.63, 3.8) is 0 Å². The molecule has 1 saturated heterocycles. The van der Waals surface area contributed by atoms with Gasteiger partial charge in [-0.1, -0.05) is 13.0 Å². The van der Waals surface area contributed by atoms with Crippen LogP contribution in [0.3, 0.4) is 0 Å². The summed E-state index contributed by atoms with van der Waals surface area (Å²) in [5.41, 5.74) is -1.05. The summed E-state index contributed by atoms with van der Waals surface area (Å²) in [6, 6.07) is 5.32. The maximum Gasteiger partial charge on any atom is 0.351 e. The number of halogens is 3. The molecule has 0 radical (unpaired) electrons. The summed E-state index contributed by atoms with van der Waals surface area (Å²) >= 11 is 0.